The van der Waals surface area contributed by atoms with Gasteiger partial charge in [0.15, 0.2) is 0 Å². The molecule has 0 fully saturated rings. The Balaban J connectivity index is 2.20. The van der Waals surface area contributed by atoms with E-state index in [1.807, 2.05) is 18.2 Å². The van der Waals surface area contributed by atoms with E-state index < -0.39 is 0 Å². The van der Waals surface area contributed by atoms with Crippen LogP contribution in [0.5, 0.6) is 0 Å². The minimum atomic E-state index is 0.295. The lowest BCUT2D eigenvalue weighted by Crippen LogP contribution is -2.30. The van der Waals surface area contributed by atoms with Crippen molar-refractivity contribution >= 4 is 16.7 Å². The van der Waals surface area contributed by atoms with Crippen molar-refractivity contribution < 1.29 is 4.74 Å². The largest absolute Gasteiger partial charge is 0.383 e. The number of nitrogens with zero attached hydrogens (tertiary/aromatic N) is 2. The lowest BCUT2D eigenvalue weighted by Gasteiger charge is -2.22. The maximum atomic E-state index is 5.23. The van der Waals surface area contributed by atoms with Crippen LogP contribution in [0.2, 0.25) is 0 Å². The molecular formula is C14H19N3O. The molecule has 0 radical (unpaired) electrons. The highest BCUT2D eigenvalue weighted by Crippen LogP contribution is 2.17. The van der Waals surface area contributed by atoms with E-state index in [1.54, 1.807) is 19.5 Å². The quantitative estimate of drug-likeness (QED) is 0.879. The number of fused-ring (bicyclic) bond motifs is 1. The molecule has 0 saturated heterocycles. The van der Waals surface area contributed by atoms with Crippen LogP contribution in [0.15, 0.2) is 30.6 Å². The molecule has 0 amide bonds. The van der Waals surface area contributed by atoms with Crippen molar-refractivity contribution in [2.75, 3.05) is 19.0 Å². The van der Waals surface area contributed by atoms with E-state index in [9.17, 15) is 0 Å². The topological polar surface area (TPSA) is 47.0 Å². The molecule has 0 aliphatic carbocycles. The van der Waals surface area contributed by atoms with Gasteiger partial charge in [-0.05, 0) is 24.1 Å². The van der Waals surface area contributed by atoms with Crippen LogP contribution in [-0.4, -0.2) is 29.7 Å². The van der Waals surface area contributed by atoms with Crippen LogP contribution < -0.4 is 5.32 Å². The molecule has 1 aromatic heterocycles. The van der Waals surface area contributed by atoms with Crippen molar-refractivity contribution in [1.82, 2.24) is 9.97 Å². The van der Waals surface area contributed by atoms with Gasteiger partial charge in [-0.3, -0.25) is 9.97 Å². The van der Waals surface area contributed by atoms with Crippen LogP contribution in [0.1, 0.15) is 13.8 Å². The summed E-state index contributed by atoms with van der Waals surface area (Å²) >= 11 is 0. The Morgan fingerprint density at radius 1 is 1.17 bits per heavy atom. The molecule has 1 aromatic carbocycles. The summed E-state index contributed by atoms with van der Waals surface area (Å²) in [5.74, 6) is 0.502. The van der Waals surface area contributed by atoms with Gasteiger partial charge in [-0.1, -0.05) is 13.8 Å². The first-order valence-corrected chi connectivity index (χ1v) is 6.17. The second-order valence-corrected chi connectivity index (χ2v) is 4.71. The number of hydrogen-bond donors (Lipinski definition) is 1. The number of rotatable bonds is 5. The van der Waals surface area contributed by atoms with E-state index >= 15 is 0 Å². The molecule has 0 bridgehead atoms. The summed E-state index contributed by atoms with van der Waals surface area (Å²) in [5, 5.41) is 3.48. The Kier molecular flexibility index (Phi) is 4.10. The van der Waals surface area contributed by atoms with E-state index in [1.165, 1.54) is 0 Å². The number of nitrogens with one attached hydrogen (secondary N) is 1. The third-order valence-corrected chi connectivity index (χ3v) is 2.97. The molecule has 1 unspecified atom stereocenters. The van der Waals surface area contributed by atoms with Crippen LogP contribution in [0.25, 0.3) is 11.0 Å². The molecule has 2 rings (SSSR count). The van der Waals surface area contributed by atoms with Gasteiger partial charge in [0.05, 0.1) is 23.7 Å². The summed E-state index contributed by atoms with van der Waals surface area (Å²) in [7, 11) is 1.73. The van der Waals surface area contributed by atoms with Crippen molar-refractivity contribution in [2.24, 2.45) is 5.92 Å². The van der Waals surface area contributed by atoms with Crippen LogP contribution >= 0.6 is 0 Å². The zero-order chi connectivity index (χ0) is 13.0. The van der Waals surface area contributed by atoms with Gasteiger partial charge in [0.25, 0.3) is 0 Å². The molecule has 0 aliphatic heterocycles. The molecule has 0 spiro atoms. The fourth-order valence-electron chi connectivity index (χ4n) is 1.85. The molecule has 18 heavy (non-hydrogen) atoms. The van der Waals surface area contributed by atoms with Crippen LogP contribution in [0, 0.1) is 5.92 Å². The van der Waals surface area contributed by atoms with E-state index in [0.717, 1.165) is 16.7 Å². The Morgan fingerprint density at radius 3 is 2.56 bits per heavy atom. The number of ether oxygens (including phenoxy) is 1. The maximum absolute atomic E-state index is 5.23. The lowest BCUT2D eigenvalue weighted by molar-refractivity contribution is 0.171. The zero-order valence-corrected chi connectivity index (χ0v) is 11.1. The van der Waals surface area contributed by atoms with Crippen LogP contribution in [0.4, 0.5) is 5.69 Å². The van der Waals surface area contributed by atoms with Gasteiger partial charge in [-0.15, -0.1) is 0 Å². The predicted molar refractivity (Wildman–Crippen MR) is 73.7 cm³/mol. The van der Waals surface area contributed by atoms with Gasteiger partial charge >= 0.3 is 0 Å². The van der Waals surface area contributed by atoms with Crippen molar-refractivity contribution in [3.8, 4) is 0 Å². The number of hydrogen-bond acceptors (Lipinski definition) is 4. The van der Waals surface area contributed by atoms with E-state index in [2.05, 4.69) is 29.1 Å². The molecule has 0 saturated carbocycles. The lowest BCUT2D eigenvalue weighted by atomic mass is 10.0. The van der Waals surface area contributed by atoms with Gasteiger partial charge in [0.1, 0.15) is 0 Å². The number of methoxy groups -OCH3 is 1. The molecule has 2 aromatic rings. The molecule has 4 heteroatoms. The van der Waals surface area contributed by atoms with E-state index in [0.29, 0.717) is 18.6 Å². The summed E-state index contributed by atoms with van der Waals surface area (Å²) in [4.78, 5) is 8.56. The van der Waals surface area contributed by atoms with Gasteiger partial charge in [-0.2, -0.15) is 0 Å². The van der Waals surface area contributed by atoms with Crippen molar-refractivity contribution in [1.29, 1.82) is 0 Å². The van der Waals surface area contributed by atoms with Crippen LogP contribution in [0.3, 0.4) is 0 Å². The van der Waals surface area contributed by atoms with E-state index in [-0.39, 0.29) is 0 Å². The van der Waals surface area contributed by atoms with Gasteiger partial charge in [0, 0.05) is 25.2 Å². The van der Waals surface area contributed by atoms with Gasteiger partial charge < -0.3 is 10.1 Å². The van der Waals surface area contributed by atoms with Gasteiger partial charge in [0.2, 0.25) is 0 Å². The Labute approximate surface area is 107 Å². The highest BCUT2D eigenvalue weighted by molar-refractivity contribution is 5.78. The molecule has 96 valence electrons. The average molecular weight is 245 g/mol. The van der Waals surface area contributed by atoms with Crippen molar-refractivity contribution in [3.63, 3.8) is 0 Å². The van der Waals surface area contributed by atoms with E-state index in [4.69, 9.17) is 4.74 Å². The SMILES string of the molecule is COCC(Nc1ccc2nccnc2c1)C(C)C. The molecule has 1 N–H and O–H groups in total. The first kappa shape index (κ1) is 12.8. The highest BCUT2D eigenvalue weighted by Gasteiger charge is 2.12. The number of benzene rings is 1. The summed E-state index contributed by atoms with van der Waals surface area (Å²) in [6.07, 6.45) is 3.42. The third-order valence-electron chi connectivity index (χ3n) is 2.97. The number of anilines is 1. The molecule has 1 heterocycles. The fraction of sp³-hybridized carbons (Fsp3) is 0.429. The second-order valence-electron chi connectivity index (χ2n) is 4.71. The summed E-state index contributed by atoms with van der Waals surface area (Å²) in [6.45, 7) is 5.05. The maximum Gasteiger partial charge on any atom is 0.0907 e. The minimum Gasteiger partial charge on any atom is -0.383 e. The molecule has 4 nitrogen and oxygen atoms in total. The second kappa shape index (κ2) is 5.78. The normalized spacial score (nSPS) is 12.9. The minimum absolute atomic E-state index is 0.295. The molecular weight excluding hydrogens is 226 g/mol. The highest BCUT2D eigenvalue weighted by atomic mass is 16.5. The standard InChI is InChI=1S/C14H19N3O/c1-10(2)14(9-18-3)17-11-4-5-12-13(8-11)16-7-6-15-12/h4-8,10,14,17H,9H2,1-3H3. The average Bonchev–Trinajstić information content (AvgIpc) is 2.38. The monoisotopic (exact) mass is 245 g/mol. The van der Waals surface area contributed by atoms with Crippen molar-refractivity contribution in [3.05, 3.63) is 30.6 Å². The van der Waals surface area contributed by atoms with Crippen LogP contribution in [-0.2, 0) is 4.74 Å². The van der Waals surface area contributed by atoms with Gasteiger partial charge in [-0.25, -0.2) is 0 Å². The summed E-state index contributed by atoms with van der Waals surface area (Å²) in [6, 6.07) is 6.33. The van der Waals surface area contributed by atoms with Crippen molar-refractivity contribution in [2.45, 2.75) is 19.9 Å². The summed E-state index contributed by atoms with van der Waals surface area (Å²) in [5.41, 5.74) is 2.87. The number of aromatic nitrogens is 2. The first-order chi connectivity index (χ1) is 8.70. The fourth-order valence-corrected chi connectivity index (χ4v) is 1.85. The third kappa shape index (κ3) is 2.96. The molecule has 0 aliphatic rings. The Bertz CT molecular complexity index is 513. The summed E-state index contributed by atoms with van der Waals surface area (Å²) < 4.78 is 5.23. The Hall–Kier alpha value is -1.68. The molecule has 1 atom stereocenters. The predicted octanol–water partition coefficient (Wildman–Crippen LogP) is 2.71. The zero-order valence-electron chi connectivity index (χ0n) is 11.1. The Morgan fingerprint density at radius 2 is 1.89 bits per heavy atom. The smallest absolute Gasteiger partial charge is 0.0907 e. The first-order valence-electron chi connectivity index (χ1n) is 6.17.